The SMILES string of the molecule is Cc1ccc(-c2cn(-c3ccc(C)cc3)c(NC(=O)CN(C[C@H]3CCCO3)C(=O)C3CCCC3)n2)cc1. The van der Waals surface area contributed by atoms with Crippen molar-refractivity contribution in [2.24, 2.45) is 5.92 Å². The van der Waals surface area contributed by atoms with Gasteiger partial charge in [-0.2, -0.15) is 0 Å². The third-order valence-corrected chi connectivity index (χ3v) is 7.42. The normalized spacial score (nSPS) is 17.7. The molecule has 0 bridgehead atoms. The maximum Gasteiger partial charge on any atom is 0.246 e. The van der Waals surface area contributed by atoms with Gasteiger partial charge < -0.3 is 9.64 Å². The van der Waals surface area contributed by atoms with Gasteiger partial charge in [-0.25, -0.2) is 4.98 Å². The zero-order valence-corrected chi connectivity index (χ0v) is 21.8. The molecule has 1 saturated heterocycles. The molecule has 1 aromatic heterocycles. The lowest BCUT2D eigenvalue weighted by atomic mass is 10.1. The Kier molecular flexibility index (Phi) is 7.70. The van der Waals surface area contributed by atoms with Gasteiger partial charge in [0, 0.05) is 36.5 Å². The van der Waals surface area contributed by atoms with E-state index >= 15 is 0 Å². The summed E-state index contributed by atoms with van der Waals surface area (Å²) in [5, 5.41) is 3.00. The minimum Gasteiger partial charge on any atom is -0.376 e. The van der Waals surface area contributed by atoms with Crippen LogP contribution in [0.3, 0.4) is 0 Å². The number of hydrogen-bond donors (Lipinski definition) is 1. The number of nitrogens with zero attached hydrogens (tertiary/aromatic N) is 3. The molecule has 2 heterocycles. The fourth-order valence-corrected chi connectivity index (χ4v) is 5.27. The molecular weight excluding hydrogens is 464 g/mol. The summed E-state index contributed by atoms with van der Waals surface area (Å²) in [6.07, 6.45) is 7.82. The molecule has 194 valence electrons. The zero-order chi connectivity index (χ0) is 25.8. The molecule has 0 spiro atoms. The van der Waals surface area contributed by atoms with Crippen LogP contribution in [0.4, 0.5) is 5.95 Å². The second kappa shape index (κ2) is 11.3. The van der Waals surface area contributed by atoms with Crippen molar-refractivity contribution in [2.45, 2.75) is 58.5 Å². The van der Waals surface area contributed by atoms with E-state index in [-0.39, 0.29) is 30.4 Å². The summed E-state index contributed by atoms with van der Waals surface area (Å²) in [5.74, 6) is 0.274. The molecular formula is C30H36N4O3. The summed E-state index contributed by atoms with van der Waals surface area (Å²) >= 11 is 0. The van der Waals surface area contributed by atoms with E-state index in [1.54, 1.807) is 4.90 Å². The van der Waals surface area contributed by atoms with Crippen LogP contribution in [-0.2, 0) is 14.3 Å². The van der Waals surface area contributed by atoms with E-state index in [9.17, 15) is 9.59 Å². The molecule has 37 heavy (non-hydrogen) atoms. The van der Waals surface area contributed by atoms with E-state index in [4.69, 9.17) is 9.72 Å². The molecule has 2 aliphatic rings. The van der Waals surface area contributed by atoms with E-state index in [1.165, 1.54) is 5.56 Å². The predicted octanol–water partition coefficient (Wildman–Crippen LogP) is 5.29. The van der Waals surface area contributed by atoms with Crippen molar-refractivity contribution >= 4 is 17.8 Å². The number of carbonyl (C=O) groups excluding carboxylic acids is 2. The Hall–Kier alpha value is -3.45. The number of ether oxygens (including phenoxy) is 1. The van der Waals surface area contributed by atoms with Crippen molar-refractivity contribution in [3.63, 3.8) is 0 Å². The highest BCUT2D eigenvalue weighted by Crippen LogP contribution is 2.28. The summed E-state index contributed by atoms with van der Waals surface area (Å²) in [7, 11) is 0. The highest BCUT2D eigenvalue weighted by molar-refractivity contribution is 5.94. The van der Waals surface area contributed by atoms with Crippen LogP contribution < -0.4 is 5.32 Å². The van der Waals surface area contributed by atoms with Crippen molar-refractivity contribution < 1.29 is 14.3 Å². The average molecular weight is 501 g/mol. The van der Waals surface area contributed by atoms with Gasteiger partial charge in [-0.3, -0.25) is 19.5 Å². The average Bonchev–Trinajstić information content (AvgIpc) is 3.67. The fraction of sp³-hybridized carbons (Fsp3) is 0.433. The van der Waals surface area contributed by atoms with Gasteiger partial charge >= 0.3 is 0 Å². The van der Waals surface area contributed by atoms with Gasteiger partial charge in [0.2, 0.25) is 17.8 Å². The first-order chi connectivity index (χ1) is 18.0. The highest BCUT2D eigenvalue weighted by Gasteiger charge is 2.31. The number of aromatic nitrogens is 2. The van der Waals surface area contributed by atoms with Crippen molar-refractivity contribution in [1.82, 2.24) is 14.5 Å². The third-order valence-electron chi connectivity index (χ3n) is 7.42. The highest BCUT2D eigenvalue weighted by atomic mass is 16.5. The van der Waals surface area contributed by atoms with Crippen molar-refractivity contribution in [1.29, 1.82) is 0 Å². The Morgan fingerprint density at radius 1 is 0.973 bits per heavy atom. The number of hydrogen-bond acceptors (Lipinski definition) is 4. The first kappa shape index (κ1) is 25.2. The van der Waals surface area contributed by atoms with E-state index in [2.05, 4.69) is 24.4 Å². The van der Waals surface area contributed by atoms with Gasteiger partial charge in [0.25, 0.3) is 0 Å². The quantitative estimate of drug-likeness (QED) is 0.456. The molecule has 1 N–H and O–H groups in total. The number of amides is 2. The summed E-state index contributed by atoms with van der Waals surface area (Å²) in [6.45, 7) is 5.27. The lowest BCUT2D eigenvalue weighted by molar-refractivity contribution is -0.139. The van der Waals surface area contributed by atoms with Crippen LogP contribution in [0.25, 0.3) is 16.9 Å². The van der Waals surface area contributed by atoms with E-state index < -0.39 is 0 Å². The van der Waals surface area contributed by atoms with E-state index in [1.807, 2.05) is 54.1 Å². The topological polar surface area (TPSA) is 76.5 Å². The van der Waals surface area contributed by atoms with Crippen LogP contribution in [0.15, 0.2) is 54.7 Å². The van der Waals surface area contributed by atoms with Crippen LogP contribution in [-0.4, -0.2) is 52.1 Å². The molecule has 3 aromatic rings. The summed E-state index contributed by atoms with van der Waals surface area (Å²) in [6, 6.07) is 16.3. The van der Waals surface area contributed by atoms with Crippen LogP contribution in [0.2, 0.25) is 0 Å². The molecule has 1 aliphatic heterocycles. The third kappa shape index (κ3) is 6.10. The second-order valence-electron chi connectivity index (χ2n) is 10.4. The monoisotopic (exact) mass is 500 g/mol. The van der Waals surface area contributed by atoms with Crippen LogP contribution >= 0.6 is 0 Å². The molecule has 2 amide bonds. The standard InChI is InChI=1S/C30H36N4O3/c1-21-9-13-23(14-10-21)27-19-34(25-15-11-22(2)12-16-25)30(31-27)32-28(35)20-33(18-26-8-5-17-37-26)29(36)24-6-3-4-7-24/h9-16,19,24,26H,3-8,17-18,20H2,1-2H3,(H,31,32,35)/t26-/m1/s1. The number of anilines is 1. The fourth-order valence-electron chi connectivity index (χ4n) is 5.27. The molecule has 0 radical (unpaired) electrons. The van der Waals surface area contributed by atoms with Crippen LogP contribution in [0, 0.1) is 19.8 Å². The molecule has 1 aliphatic carbocycles. The van der Waals surface area contributed by atoms with Gasteiger partial charge in [-0.05, 0) is 51.7 Å². The molecule has 7 heteroatoms. The molecule has 2 aromatic carbocycles. The maximum atomic E-state index is 13.3. The van der Waals surface area contributed by atoms with Gasteiger partial charge in [0.05, 0.1) is 11.8 Å². The first-order valence-electron chi connectivity index (χ1n) is 13.4. The van der Waals surface area contributed by atoms with Gasteiger partial charge in [-0.1, -0.05) is 60.4 Å². The summed E-state index contributed by atoms with van der Waals surface area (Å²) in [4.78, 5) is 33.2. The van der Waals surface area contributed by atoms with Crippen molar-refractivity contribution in [3.8, 4) is 16.9 Å². The minimum atomic E-state index is -0.251. The number of benzene rings is 2. The molecule has 2 fully saturated rings. The van der Waals surface area contributed by atoms with E-state index in [0.717, 1.165) is 67.6 Å². The summed E-state index contributed by atoms with van der Waals surface area (Å²) < 4.78 is 7.70. The molecule has 7 nitrogen and oxygen atoms in total. The van der Waals surface area contributed by atoms with Gasteiger partial charge in [0.15, 0.2) is 0 Å². The minimum absolute atomic E-state index is 0.000776. The Labute approximate surface area is 218 Å². The lowest BCUT2D eigenvalue weighted by Gasteiger charge is -2.27. The largest absolute Gasteiger partial charge is 0.376 e. The molecule has 5 rings (SSSR count). The van der Waals surface area contributed by atoms with Crippen molar-refractivity contribution in [3.05, 3.63) is 65.9 Å². The van der Waals surface area contributed by atoms with E-state index in [0.29, 0.717) is 12.5 Å². The molecule has 0 unspecified atom stereocenters. The van der Waals surface area contributed by atoms with Crippen LogP contribution in [0.1, 0.15) is 49.7 Å². The number of carbonyl (C=O) groups is 2. The number of imidazole rings is 1. The zero-order valence-electron chi connectivity index (χ0n) is 21.8. The molecule has 1 saturated carbocycles. The maximum absolute atomic E-state index is 13.3. The van der Waals surface area contributed by atoms with Gasteiger partial charge in [-0.15, -0.1) is 0 Å². The lowest BCUT2D eigenvalue weighted by Crippen LogP contribution is -2.44. The van der Waals surface area contributed by atoms with Crippen molar-refractivity contribution in [2.75, 3.05) is 25.0 Å². The predicted molar refractivity (Wildman–Crippen MR) is 145 cm³/mol. The molecule has 1 atom stereocenters. The Morgan fingerprint density at radius 3 is 2.30 bits per heavy atom. The Bertz CT molecular complexity index is 1220. The van der Waals surface area contributed by atoms with Gasteiger partial charge in [0.1, 0.15) is 6.54 Å². The number of rotatable bonds is 8. The number of aryl methyl sites for hydroxylation is 2. The second-order valence-corrected chi connectivity index (χ2v) is 10.4. The first-order valence-corrected chi connectivity index (χ1v) is 13.4. The Morgan fingerprint density at radius 2 is 1.65 bits per heavy atom. The van der Waals surface area contributed by atoms with Crippen LogP contribution in [0.5, 0.6) is 0 Å². The summed E-state index contributed by atoms with van der Waals surface area (Å²) in [5.41, 5.74) is 4.99. The Balaban J connectivity index is 1.38. The smallest absolute Gasteiger partial charge is 0.246 e. The number of nitrogens with one attached hydrogen (secondary N) is 1.